The Morgan fingerprint density at radius 2 is 1.78 bits per heavy atom. The van der Waals surface area contributed by atoms with Crippen molar-refractivity contribution in [2.24, 2.45) is 0 Å². The first-order valence-corrected chi connectivity index (χ1v) is 9.86. The van der Waals surface area contributed by atoms with Gasteiger partial charge in [0.1, 0.15) is 5.75 Å². The van der Waals surface area contributed by atoms with Gasteiger partial charge in [-0.1, -0.05) is 23.7 Å². The van der Waals surface area contributed by atoms with E-state index in [-0.39, 0.29) is 6.01 Å². The Bertz CT molecular complexity index is 1050. The summed E-state index contributed by atoms with van der Waals surface area (Å²) in [5.41, 5.74) is 1.89. The lowest BCUT2D eigenvalue weighted by molar-refractivity contribution is 0.441. The zero-order valence-electron chi connectivity index (χ0n) is 14.3. The summed E-state index contributed by atoms with van der Waals surface area (Å²) in [7, 11) is -3.67. The van der Waals surface area contributed by atoms with Crippen molar-refractivity contribution < 1.29 is 13.2 Å². The second kappa shape index (κ2) is 8.20. The van der Waals surface area contributed by atoms with E-state index in [0.717, 1.165) is 11.0 Å². The molecule has 0 bridgehead atoms. The zero-order chi connectivity index (χ0) is 19.3. The third-order valence-corrected chi connectivity index (χ3v) is 4.76. The molecule has 6 nitrogen and oxygen atoms in total. The van der Waals surface area contributed by atoms with Crippen LogP contribution in [0.1, 0.15) is 11.1 Å². The highest BCUT2D eigenvalue weighted by molar-refractivity contribution is 7.95. The minimum atomic E-state index is -3.67. The lowest BCUT2D eigenvalue weighted by Crippen LogP contribution is -2.10. The fourth-order valence-electron chi connectivity index (χ4n) is 2.19. The molecule has 27 heavy (non-hydrogen) atoms. The van der Waals surface area contributed by atoms with Gasteiger partial charge in [-0.05, 0) is 60.5 Å². The van der Waals surface area contributed by atoms with E-state index in [1.165, 1.54) is 6.08 Å². The predicted octanol–water partition coefficient (Wildman–Crippen LogP) is 4.64. The third-order valence-electron chi connectivity index (χ3n) is 3.51. The summed E-state index contributed by atoms with van der Waals surface area (Å²) in [4.78, 5) is 7.96. The molecule has 0 fully saturated rings. The van der Waals surface area contributed by atoms with Crippen molar-refractivity contribution in [3.8, 4) is 11.8 Å². The Balaban J connectivity index is 1.71. The van der Waals surface area contributed by atoms with Gasteiger partial charge in [0.2, 0.25) is 0 Å². The number of hydrogen-bond donors (Lipinski definition) is 1. The van der Waals surface area contributed by atoms with Crippen molar-refractivity contribution in [1.82, 2.24) is 9.97 Å². The molecule has 0 saturated heterocycles. The van der Waals surface area contributed by atoms with Gasteiger partial charge in [0.25, 0.3) is 10.0 Å². The number of rotatable bonds is 6. The van der Waals surface area contributed by atoms with Crippen LogP contribution in [0.4, 0.5) is 5.69 Å². The first-order chi connectivity index (χ1) is 12.9. The number of nitrogens with zero attached hydrogens (tertiary/aromatic N) is 2. The SMILES string of the molecule is Cc1cc(Oc2ncccn2)ccc1NS(=O)(=O)/C=C/c1ccc(Cl)cc1. The number of benzene rings is 2. The zero-order valence-corrected chi connectivity index (χ0v) is 15.9. The number of ether oxygens (including phenoxy) is 1. The van der Waals surface area contributed by atoms with Crippen LogP contribution in [0.3, 0.4) is 0 Å². The van der Waals surface area contributed by atoms with E-state index >= 15 is 0 Å². The van der Waals surface area contributed by atoms with Crippen LogP contribution in [0.5, 0.6) is 11.8 Å². The first-order valence-electron chi connectivity index (χ1n) is 7.93. The average molecular weight is 402 g/mol. The summed E-state index contributed by atoms with van der Waals surface area (Å²) >= 11 is 5.82. The van der Waals surface area contributed by atoms with Crippen LogP contribution < -0.4 is 9.46 Å². The van der Waals surface area contributed by atoms with Crippen LogP contribution in [0.15, 0.2) is 66.3 Å². The van der Waals surface area contributed by atoms with E-state index in [9.17, 15) is 8.42 Å². The van der Waals surface area contributed by atoms with Crippen LogP contribution in [-0.2, 0) is 10.0 Å². The second-order valence-electron chi connectivity index (χ2n) is 5.61. The highest BCUT2D eigenvalue weighted by Gasteiger charge is 2.09. The summed E-state index contributed by atoms with van der Waals surface area (Å²) in [6.07, 6.45) is 4.65. The lowest BCUT2D eigenvalue weighted by Gasteiger charge is -2.10. The minimum absolute atomic E-state index is 0.219. The molecule has 0 atom stereocenters. The second-order valence-corrected chi connectivity index (χ2v) is 7.61. The van der Waals surface area contributed by atoms with E-state index in [0.29, 0.717) is 22.0 Å². The normalized spacial score (nSPS) is 11.5. The van der Waals surface area contributed by atoms with Crippen LogP contribution in [0.25, 0.3) is 6.08 Å². The standard InChI is InChI=1S/C19H16ClN3O3S/c1-14-13-17(26-19-21-10-2-11-22-19)7-8-18(14)23-27(24,25)12-9-15-3-5-16(20)6-4-15/h2-13,23H,1H3/b12-9+. The molecule has 0 unspecified atom stereocenters. The highest BCUT2D eigenvalue weighted by atomic mass is 35.5. The van der Waals surface area contributed by atoms with Gasteiger partial charge in [-0.2, -0.15) is 0 Å². The predicted molar refractivity (Wildman–Crippen MR) is 106 cm³/mol. The molecular weight excluding hydrogens is 386 g/mol. The summed E-state index contributed by atoms with van der Waals surface area (Å²) in [5, 5.41) is 1.70. The van der Waals surface area contributed by atoms with Gasteiger partial charge in [-0.15, -0.1) is 0 Å². The molecule has 0 aliphatic carbocycles. The molecule has 1 heterocycles. The molecule has 0 radical (unpaired) electrons. The maximum Gasteiger partial charge on any atom is 0.321 e. The number of hydrogen-bond acceptors (Lipinski definition) is 5. The summed E-state index contributed by atoms with van der Waals surface area (Å²) in [6.45, 7) is 1.78. The van der Waals surface area contributed by atoms with Crippen molar-refractivity contribution in [2.45, 2.75) is 6.92 Å². The fraction of sp³-hybridized carbons (Fsp3) is 0.0526. The number of aryl methyl sites for hydroxylation is 1. The van der Waals surface area contributed by atoms with Crippen molar-refractivity contribution >= 4 is 33.4 Å². The van der Waals surface area contributed by atoms with Gasteiger partial charge < -0.3 is 4.74 Å². The van der Waals surface area contributed by atoms with Crippen LogP contribution in [0, 0.1) is 6.92 Å². The van der Waals surface area contributed by atoms with E-state index in [2.05, 4.69) is 14.7 Å². The third kappa shape index (κ3) is 5.54. The smallest absolute Gasteiger partial charge is 0.321 e. The molecule has 1 aromatic heterocycles. The molecule has 0 saturated carbocycles. The van der Waals surface area contributed by atoms with Crippen LogP contribution in [-0.4, -0.2) is 18.4 Å². The Morgan fingerprint density at radius 1 is 1.07 bits per heavy atom. The Kier molecular flexibility index (Phi) is 5.73. The number of halogens is 1. The average Bonchev–Trinajstić information content (AvgIpc) is 2.64. The van der Waals surface area contributed by atoms with Crippen molar-refractivity contribution in [2.75, 3.05) is 4.72 Å². The van der Waals surface area contributed by atoms with Crippen LogP contribution in [0.2, 0.25) is 5.02 Å². The summed E-state index contributed by atoms with van der Waals surface area (Å²) in [6, 6.07) is 13.7. The Hall–Kier alpha value is -2.90. The van der Waals surface area contributed by atoms with E-state index in [1.807, 2.05) is 0 Å². The number of anilines is 1. The molecule has 0 aliphatic heterocycles. The van der Waals surface area contributed by atoms with E-state index < -0.39 is 10.0 Å². The molecule has 2 aromatic carbocycles. The van der Waals surface area contributed by atoms with E-state index in [4.69, 9.17) is 16.3 Å². The molecule has 3 rings (SSSR count). The molecule has 0 aliphatic rings. The molecule has 3 aromatic rings. The molecule has 0 amide bonds. The van der Waals surface area contributed by atoms with Gasteiger partial charge in [0.05, 0.1) is 11.1 Å². The largest absolute Gasteiger partial charge is 0.424 e. The van der Waals surface area contributed by atoms with Crippen molar-refractivity contribution in [3.05, 3.63) is 82.5 Å². The van der Waals surface area contributed by atoms with Gasteiger partial charge in [0.15, 0.2) is 0 Å². The summed E-state index contributed by atoms with van der Waals surface area (Å²) in [5.74, 6) is 0.512. The monoisotopic (exact) mass is 401 g/mol. The van der Waals surface area contributed by atoms with Gasteiger partial charge in [-0.3, -0.25) is 4.72 Å². The maximum atomic E-state index is 12.3. The molecule has 1 N–H and O–H groups in total. The maximum absolute atomic E-state index is 12.3. The first kappa shape index (κ1) is 18.9. The van der Waals surface area contributed by atoms with Gasteiger partial charge in [0, 0.05) is 17.4 Å². The van der Waals surface area contributed by atoms with Crippen molar-refractivity contribution in [1.29, 1.82) is 0 Å². The Labute approximate surface area is 162 Å². The van der Waals surface area contributed by atoms with Gasteiger partial charge >= 0.3 is 6.01 Å². The Morgan fingerprint density at radius 3 is 2.44 bits per heavy atom. The number of aromatic nitrogens is 2. The summed E-state index contributed by atoms with van der Waals surface area (Å²) < 4.78 is 32.7. The number of sulfonamides is 1. The van der Waals surface area contributed by atoms with Crippen molar-refractivity contribution in [3.63, 3.8) is 0 Å². The molecular formula is C19H16ClN3O3S. The molecule has 138 valence electrons. The molecule has 8 heteroatoms. The van der Waals surface area contributed by atoms with Gasteiger partial charge in [-0.25, -0.2) is 18.4 Å². The topological polar surface area (TPSA) is 81.2 Å². The fourth-order valence-corrected chi connectivity index (χ4v) is 3.25. The lowest BCUT2D eigenvalue weighted by atomic mass is 10.2. The minimum Gasteiger partial charge on any atom is -0.424 e. The van der Waals surface area contributed by atoms with E-state index in [1.54, 1.807) is 67.8 Å². The number of nitrogens with one attached hydrogen (secondary N) is 1. The van der Waals surface area contributed by atoms with Crippen LogP contribution >= 0.6 is 11.6 Å². The highest BCUT2D eigenvalue weighted by Crippen LogP contribution is 2.25. The molecule has 0 spiro atoms. The quantitative estimate of drug-likeness (QED) is 0.650.